The topological polar surface area (TPSA) is 96.3 Å². The highest BCUT2D eigenvalue weighted by atomic mass is 16.4. The van der Waals surface area contributed by atoms with Gasteiger partial charge >= 0.3 is 12.0 Å². The second-order valence-electron chi connectivity index (χ2n) is 3.75. The van der Waals surface area contributed by atoms with E-state index >= 15 is 0 Å². The molecule has 1 unspecified atom stereocenters. The van der Waals surface area contributed by atoms with Gasteiger partial charge in [0.15, 0.2) is 0 Å². The van der Waals surface area contributed by atoms with Crippen LogP contribution in [0.4, 0.5) is 4.79 Å². The molecule has 2 amide bonds. The van der Waals surface area contributed by atoms with Gasteiger partial charge in [0.1, 0.15) is 0 Å². The zero-order valence-electron chi connectivity index (χ0n) is 9.80. The quantitative estimate of drug-likeness (QED) is 0.671. The minimum Gasteiger partial charge on any atom is -0.481 e. The van der Waals surface area contributed by atoms with E-state index in [1.54, 1.807) is 24.0 Å². The molecule has 1 atom stereocenters. The highest BCUT2D eigenvalue weighted by molar-refractivity contribution is 5.75. The number of hydrogen-bond donors (Lipinski definition) is 3. The predicted octanol–water partition coefficient (Wildman–Crippen LogP) is -0.0600. The van der Waals surface area contributed by atoms with E-state index in [0.717, 1.165) is 5.69 Å². The Bertz CT molecular complexity index is 402. The monoisotopic (exact) mass is 240 g/mol. The van der Waals surface area contributed by atoms with Gasteiger partial charge in [-0.15, -0.1) is 0 Å². The standard InChI is InChI=1S/C10H16N4O3/c1-7(9(15)16)5-11-10(17)12-6-8-3-4-13-14(8)2/h3-4,7H,5-6H2,1-2H3,(H,15,16)(H2,11,12,17). The van der Waals surface area contributed by atoms with Crippen molar-refractivity contribution in [2.45, 2.75) is 13.5 Å². The molecule has 1 aromatic heterocycles. The van der Waals surface area contributed by atoms with Gasteiger partial charge in [0.2, 0.25) is 0 Å². The van der Waals surface area contributed by atoms with E-state index < -0.39 is 11.9 Å². The number of carbonyl (C=O) groups is 2. The van der Waals surface area contributed by atoms with Gasteiger partial charge in [-0.1, -0.05) is 6.92 Å². The SMILES string of the molecule is CC(CNC(=O)NCc1ccnn1C)C(=O)O. The summed E-state index contributed by atoms with van der Waals surface area (Å²) in [6, 6.07) is 1.40. The molecule has 17 heavy (non-hydrogen) atoms. The third-order valence-corrected chi connectivity index (χ3v) is 2.34. The molecule has 0 bridgehead atoms. The molecule has 7 nitrogen and oxygen atoms in total. The number of nitrogens with zero attached hydrogens (tertiary/aromatic N) is 2. The van der Waals surface area contributed by atoms with Crippen LogP contribution in [0.2, 0.25) is 0 Å². The van der Waals surface area contributed by atoms with E-state index in [1.165, 1.54) is 6.92 Å². The molecule has 1 heterocycles. The molecule has 0 aromatic carbocycles. The first kappa shape index (κ1) is 13.0. The Morgan fingerprint density at radius 3 is 2.76 bits per heavy atom. The van der Waals surface area contributed by atoms with Crippen molar-refractivity contribution in [1.82, 2.24) is 20.4 Å². The number of carbonyl (C=O) groups excluding carboxylic acids is 1. The Morgan fingerprint density at radius 2 is 2.24 bits per heavy atom. The van der Waals surface area contributed by atoms with Crippen LogP contribution in [0.3, 0.4) is 0 Å². The molecule has 0 saturated carbocycles. The summed E-state index contributed by atoms with van der Waals surface area (Å²) in [6.45, 7) is 1.99. The van der Waals surface area contributed by atoms with Crippen molar-refractivity contribution in [3.8, 4) is 0 Å². The normalized spacial score (nSPS) is 11.9. The molecule has 0 saturated heterocycles. The maximum atomic E-state index is 11.3. The van der Waals surface area contributed by atoms with Crippen molar-refractivity contribution in [2.24, 2.45) is 13.0 Å². The third-order valence-electron chi connectivity index (χ3n) is 2.34. The Morgan fingerprint density at radius 1 is 1.53 bits per heavy atom. The van der Waals surface area contributed by atoms with Gasteiger partial charge in [-0.25, -0.2) is 4.79 Å². The summed E-state index contributed by atoms with van der Waals surface area (Å²) in [5.41, 5.74) is 0.867. The summed E-state index contributed by atoms with van der Waals surface area (Å²) in [4.78, 5) is 21.8. The first-order valence-corrected chi connectivity index (χ1v) is 5.22. The fraction of sp³-hybridized carbons (Fsp3) is 0.500. The zero-order chi connectivity index (χ0) is 12.8. The Kier molecular flexibility index (Phi) is 4.50. The maximum absolute atomic E-state index is 11.3. The lowest BCUT2D eigenvalue weighted by molar-refractivity contribution is -0.140. The van der Waals surface area contributed by atoms with E-state index in [1.807, 2.05) is 0 Å². The Labute approximate surface area is 98.8 Å². The Balaban J connectivity index is 2.27. The molecule has 0 aliphatic carbocycles. The number of urea groups is 1. The highest BCUT2D eigenvalue weighted by Crippen LogP contribution is 1.95. The average Bonchev–Trinajstić information content (AvgIpc) is 2.68. The third kappa shape index (κ3) is 4.13. The summed E-state index contributed by atoms with van der Waals surface area (Å²) in [5, 5.41) is 17.7. The van der Waals surface area contributed by atoms with Crippen molar-refractivity contribution in [3.63, 3.8) is 0 Å². The summed E-state index contributed by atoms with van der Waals surface area (Å²) in [5.74, 6) is -1.53. The van der Waals surface area contributed by atoms with Gasteiger partial charge in [-0.2, -0.15) is 5.10 Å². The largest absolute Gasteiger partial charge is 0.481 e. The van der Waals surface area contributed by atoms with Crippen molar-refractivity contribution in [2.75, 3.05) is 6.54 Å². The molecule has 0 spiro atoms. The zero-order valence-corrected chi connectivity index (χ0v) is 9.80. The van der Waals surface area contributed by atoms with Crippen LogP contribution in [-0.4, -0.2) is 33.4 Å². The van der Waals surface area contributed by atoms with Crippen molar-refractivity contribution in [3.05, 3.63) is 18.0 Å². The van der Waals surface area contributed by atoms with Crippen LogP contribution in [0, 0.1) is 5.92 Å². The van der Waals surface area contributed by atoms with Crippen LogP contribution in [0.15, 0.2) is 12.3 Å². The summed E-state index contributed by atoms with van der Waals surface area (Å²) < 4.78 is 1.65. The second-order valence-corrected chi connectivity index (χ2v) is 3.75. The predicted molar refractivity (Wildman–Crippen MR) is 60.2 cm³/mol. The van der Waals surface area contributed by atoms with Crippen LogP contribution < -0.4 is 10.6 Å². The number of aromatic nitrogens is 2. The number of hydrogen-bond acceptors (Lipinski definition) is 3. The highest BCUT2D eigenvalue weighted by Gasteiger charge is 2.11. The fourth-order valence-electron chi connectivity index (χ4n) is 1.14. The molecule has 3 N–H and O–H groups in total. The number of rotatable bonds is 5. The maximum Gasteiger partial charge on any atom is 0.315 e. The van der Waals surface area contributed by atoms with Gasteiger partial charge in [0.25, 0.3) is 0 Å². The van der Waals surface area contributed by atoms with Crippen LogP contribution in [0.25, 0.3) is 0 Å². The lowest BCUT2D eigenvalue weighted by Crippen LogP contribution is -2.39. The molecule has 94 valence electrons. The molecule has 0 fully saturated rings. The summed E-state index contributed by atoms with van der Waals surface area (Å²) in [6.07, 6.45) is 1.64. The van der Waals surface area contributed by atoms with E-state index in [4.69, 9.17) is 5.11 Å². The van der Waals surface area contributed by atoms with Crippen molar-refractivity contribution in [1.29, 1.82) is 0 Å². The molecule has 0 radical (unpaired) electrons. The van der Waals surface area contributed by atoms with Crippen molar-refractivity contribution >= 4 is 12.0 Å². The number of carboxylic acids is 1. The van der Waals surface area contributed by atoms with Crippen LogP contribution in [0.1, 0.15) is 12.6 Å². The summed E-state index contributed by atoms with van der Waals surface area (Å²) >= 11 is 0. The van der Waals surface area contributed by atoms with Crippen LogP contribution >= 0.6 is 0 Å². The van der Waals surface area contributed by atoms with Gasteiger partial charge in [-0.3, -0.25) is 9.48 Å². The molecule has 0 aliphatic rings. The number of carboxylic acid groups (broad SMARTS) is 1. The number of amides is 2. The Hall–Kier alpha value is -2.05. The lowest BCUT2D eigenvalue weighted by atomic mass is 10.2. The van der Waals surface area contributed by atoms with Gasteiger partial charge in [0, 0.05) is 19.8 Å². The van der Waals surface area contributed by atoms with Gasteiger partial charge in [-0.05, 0) is 6.07 Å². The number of aliphatic carboxylic acids is 1. The van der Waals surface area contributed by atoms with E-state index in [-0.39, 0.29) is 12.6 Å². The smallest absolute Gasteiger partial charge is 0.315 e. The minimum absolute atomic E-state index is 0.104. The fourth-order valence-corrected chi connectivity index (χ4v) is 1.14. The van der Waals surface area contributed by atoms with Crippen LogP contribution in [-0.2, 0) is 18.4 Å². The molecule has 1 rings (SSSR count). The molecule has 7 heteroatoms. The van der Waals surface area contributed by atoms with E-state index in [2.05, 4.69) is 15.7 Å². The molecular weight excluding hydrogens is 224 g/mol. The number of aryl methyl sites for hydroxylation is 1. The first-order chi connectivity index (χ1) is 8.00. The molecule has 0 aliphatic heterocycles. The van der Waals surface area contributed by atoms with Gasteiger partial charge < -0.3 is 15.7 Å². The second kappa shape index (κ2) is 5.88. The van der Waals surface area contributed by atoms with E-state index in [0.29, 0.717) is 6.54 Å². The molecular formula is C10H16N4O3. The summed E-state index contributed by atoms with van der Waals surface area (Å²) in [7, 11) is 1.78. The molecule has 1 aromatic rings. The first-order valence-electron chi connectivity index (χ1n) is 5.22. The van der Waals surface area contributed by atoms with Crippen LogP contribution in [0.5, 0.6) is 0 Å². The van der Waals surface area contributed by atoms with Crippen molar-refractivity contribution < 1.29 is 14.7 Å². The van der Waals surface area contributed by atoms with Gasteiger partial charge in [0.05, 0.1) is 18.2 Å². The average molecular weight is 240 g/mol. The van der Waals surface area contributed by atoms with E-state index in [9.17, 15) is 9.59 Å². The number of nitrogens with one attached hydrogen (secondary N) is 2. The minimum atomic E-state index is -0.933. The lowest BCUT2D eigenvalue weighted by Gasteiger charge is -2.09.